The largest absolute Gasteiger partial charge is 0.490 e. The average Bonchev–Trinajstić information content (AvgIpc) is 3.27. The number of aryl methyl sites for hydroxylation is 1. The van der Waals surface area contributed by atoms with E-state index in [1.54, 1.807) is 13.0 Å². The number of ether oxygens (including phenoxy) is 4. The van der Waals surface area contributed by atoms with E-state index in [0.29, 0.717) is 48.7 Å². The second-order valence-electron chi connectivity index (χ2n) is 7.59. The van der Waals surface area contributed by atoms with Crippen LogP contribution in [0.2, 0.25) is 0 Å². The molecule has 4 rings (SSSR count). The van der Waals surface area contributed by atoms with Gasteiger partial charge in [0, 0.05) is 25.7 Å². The molecule has 9 nitrogen and oxygen atoms in total. The first-order valence-corrected chi connectivity index (χ1v) is 10.7. The number of benzene rings is 1. The molecule has 32 heavy (non-hydrogen) atoms. The van der Waals surface area contributed by atoms with Crippen LogP contribution in [-0.2, 0) is 14.3 Å². The van der Waals surface area contributed by atoms with Gasteiger partial charge in [-0.25, -0.2) is 4.79 Å². The molecule has 1 aromatic carbocycles. The quantitative estimate of drug-likeness (QED) is 0.485. The summed E-state index contributed by atoms with van der Waals surface area (Å²) in [7, 11) is 1.47. The SMILES string of the molecule is CC[C@H](Oc1c2ccoc2c(OC)c2oc(C)cc(=O)c12)C(=O)OCCN1CCOCC1. The van der Waals surface area contributed by atoms with Crippen LogP contribution in [0.1, 0.15) is 19.1 Å². The van der Waals surface area contributed by atoms with E-state index in [9.17, 15) is 9.59 Å². The van der Waals surface area contributed by atoms with Crippen LogP contribution >= 0.6 is 0 Å². The van der Waals surface area contributed by atoms with Crippen molar-refractivity contribution in [3.05, 3.63) is 34.4 Å². The normalized spacial score (nSPS) is 15.7. The molecule has 0 spiro atoms. The highest BCUT2D eigenvalue weighted by atomic mass is 16.6. The summed E-state index contributed by atoms with van der Waals surface area (Å²) in [6.07, 6.45) is 0.938. The molecule has 0 saturated carbocycles. The average molecular weight is 445 g/mol. The summed E-state index contributed by atoms with van der Waals surface area (Å²) in [5.74, 6) is 0.453. The lowest BCUT2D eigenvalue weighted by Crippen LogP contribution is -2.39. The third-order valence-electron chi connectivity index (χ3n) is 5.47. The van der Waals surface area contributed by atoms with Crippen LogP contribution in [0.15, 0.2) is 32.0 Å². The summed E-state index contributed by atoms with van der Waals surface area (Å²) in [6, 6.07) is 3.05. The van der Waals surface area contributed by atoms with Gasteiger partial charge in [0.15, 0.2) is 22.7 Å². The zero-order chi connectivity index (χ0) is 22.7. The molecule has 1 saturated heterocycles. The van der Waals surface area contributed by atoms with Crippen molar-refractivity contribution < 1.29 is 32.6 Å². The lowest BCUT2D eigenvalue weighted by molar-refractivity contribution is -0.152. The van der Waals surface area contributed by atoms with Gasteiger partial charge in [-0.3, -0.25) is 9.69 Å². The number of hydrogen-bond acceptors (Lipinski definition) is 9. The smallest absolute Gasteiger partial charge is 0.347 e. The first-order chi connectivity index (χ1) is 15.5. The Bertz CT molecular complexity index is 1160. The van der Waals surface area contributed by atoms with E-state index in [1.807, 2.05) is 6.92 Å². The van der Waals surface area contributed by atoms with Crippen molar-refractivity contribution in [2.45, 2.75) is 26.4 Å². The van der Waals surface area contributed by atoms with E-state index in [0.717, 1.165) is 13.1 Å². The number of morpholine rings is 1. The first-order valence-electron chi connectivity index (χ1n) is 10.7. The van der Waals surface area contributed by atoms with Crippen LogP contribution in [0, 0.1) is 6.92 Å². The standard InChI is InChI=1S/C23H27NO8/c1-4-17(23(26)30-12-8-24-6-10-28-11-7-24)32-19-15-5-9-29-20(15)22(27-3)21-18(19)16(25)13-14(2)31-21/h5,9,13,17H,4,6-8,10-12H2,1-3H3/t17-/m0/s1. The summed E-state index contributed by atoms with van der Waals surface area (Å²) in [6.45, 7) is 7.38. The fraction of sp³-hybridized carbons (Fsp3) is 0.478. The van der Waals surface area contributed by atoms with Crippen LogP contribution < -0.4 is 14.9 Å². The molecule has 0 bridgehead atoms. The number of carbonyl (C=O) groups is 1. The van der Waals surface area contributed by atoms with Crippen LogP contribution in [0.3, 0.4) is 0 Å². The van der Waals surface area contributed by atoms with Gasteiger partial charge in [-0.05, 0) is 19.4 Å². The molecular weight excluding hydrogens is 418 g/mol. The molecule has 0 unspecified atom stereocenters. The van der Waals surface area contributed by atoms with Crippen molar-refractivity contribution in [1.29, 1.82) is 0 Å². The molecule has 0 radical (unpaired) electrons. The Balaban J connectivity index is 1.62. The second kappa shape index (κ2) is 9.62. The van der Waals surface area contributed by atoms with Crippen LogP contribution in [0.4, 0.5) is 0 Å². The summed E-state index contributed by atoms with van der Waals surface area (Å²) in [4.78, 5) is 27.8. The molecule has 0 N–H and O–H groups in total. The molecule has 2 aromatic heterocycles. The highest BCUT2D eigenvalue weighted by Gasteiger charge is 2.27. The number of methoxy groups -OCH3 is 1. The maximum atomic E-state index is 12.9. The van der Waals surface area contributed by atoms with Crippen molar-refractivity contribution in [2.75, 3.05) is 46.6 Å². The zero-order valence-corrected chi connectivity index (χ0v) is 18.5. The number of fused-ring (bicyclic) bond motifs is 2. The lowest BCUT2D eigenvalue weighted by atomic mass is 10.1. The summed E-state index contributed by atoms with van der Waals surface area (Å²) in [5.41, 5.74) is 0.292. The predicted molar refractivity (Wildman–Crippen MR) is 116 cm³/mol. The summed E-state index contributed by atoms with van der Waals surface area (Å²) >= 11 is 0. The van der Waals surface area contributed by atoms with Crippen molar-refractivity contribution >= 4 is 27.9 Å². The maximum Gasteiger partial charge on any atom is 0.347 e. The molecular formula is C23H27NO8. The highest BCUT2D eigenvalue weighted by Crippen LogP contribution is 2.42. The van der Waals surface area contributed by atoms with Crippen LogP contribution in [0.5, 0.6) is 11.5 Å². The number of nitrogens with zero attached hydrogens (tertiary/aromatic N) is 1. The molecule has 9 heteroatoms. The highest BCUT2D eigenvalue weighted by molar-refractivity contribution is 6.06. The third-order valence-corrected chi connectivity index (χ3v) is 5.47. The number of hydrogen-bond donors (Lipinski definition) is 0. The molecule has 1 aliphatic heterocycles. The summed E-state index contributed by atoms with van der Waals surface area (Å²) < 4.78 is 33.7. The molecule has 0 aliphatic carbocycles. The fourth-order valence-corrected chi connectivity index (χ4v) is 3.83. The molecule has 1 fully saturated rings. The minimum absolute atomic E-state index is 0.195. The Kier molecular flexibility index (Phi) is 6.66. The van der Waals surface area contributed by atoms with E-state index in [-0.39, 0.29) is 28.8 Å². The van der Waals surface area contributed by atoms with Gasteiger partial charge in [0.1, 0.15) is 23.5 Å². The molecule has 172 valence electrons. The van der Waals surface area contributed by atoms with Crippen LogP contribution in [0.25, 0.3) is 21.9 Å². The van der Waals surface area contributed by atoms with E-state index < -0.39 is 12.1 Å². The van der Waals surface area contributed by atoms with Gasteiger partial charge >= 0.3 is 5.97 Å². The third kappa shape index (κ3) is 4.31. The van der Waals surface area contributed by atoms with Crippen molar-refractivity contribution in [3.63, 3.8) is 0 Å². The topological polar surface area (TPSA) is 101 Å². The minimum Gasteiger partial charge on any atom is -0.490 e. The van der Waals surface area contributed by atoms with Gasteiger partial charge in [-0.15, -0.1) is 0 Å². The second-order valence-corrected chi connectivity index (χ2v) is 7.59. The predicted octanol–water partition coefficient (Wildman–Crippen LogP) is 2.89. The van der Waals surface area contributed by atoms with E-state index in [2.05, 4.69) is 4.90 Å². The fourth-order valence-electron chi connectivity index (χ4n) is 3.83. The molecule has 3 heterocycles. The van der Waals surface area contributed by atoms with Gasteiger partial charge < -0.3 is 27.8 Å². The molecule has 0 amide bonds. The van der Waals surface area contributed by atoms with Crippen molar-refractivity contribution in [3.8, 4) is 11.5 Å². The van der Waals surface area contributed by atoms with Gasteiger partial charge in [0.2, 0.25) is 5.75 Å². The van der Waals surface area contributed by atoms with E-state index >= 15 is 0 Å². The molecule has 3 aromatic rings. The first kappa shape index (κ1) is 22.2. The summed E-state index contributed by atoms with van der Waals surface area (Å²) in [5, 5.41) is 0.714. The van der Waals surface area contributed by atoms with E-state index in [1.165, 1.54) is 19.4 Å². The number of rotatable bonds is 8. The zero-order valence-electron chi connectivity index (χ0n) is 18.5. The Morgan fingerprint density at radius 2 is 2.00 bits per heavy atom. The number of furan rings is 1. The Labute approximate surface area is 184 Å². The van der Waals surface area contributed by atoms with Gasteiger partial charge in [0.25, 0.3) is 0 Å². The number of esters is 1. The maximum absolute atomic E-state index is 12.9. The lowest BCUT2D eigenvalue weighted by Gasteiger charge is -2.26. The van der Waals surface area contributed by atoms with Crippen molar-refractivity contribution in [1.82, 2.24) is 4.90 Å². The van der Waals surface area contributed by atoms with E-state index in [4.69, 9.17) is 27.8 Å². The monoisotopic (exact) mass is 445 g/mol. The Morgan fingerprint density at radius 1 is 1.22 bits per heavy atom. The van der Waals surface area contributed by atoms with Crippen LogP contribution in [-0.4, -0.2) is 63.5 Å². The number of carbonyl (C=O) groups excluding carboxylic acids is 1. The Morgan fingerprint density at radius 3 is 2.72 bits per heavy atom. The van der Waals surface area contributed by atoms with Gasteiger partial charge in [-0.1, -0.05) is 6.92 Å². The van der Waals surface area contributed by atoms with Crippen molar-refractivity contribution in [2.24, 2.45) is 0 Å². The molecule has 1 aliphatic rings. The van der Waals surface area contributed by atoms with Gasteiger partial charge in [0.05, 0.1) is 32.0 Å². The molecule has 1 atom stereocenters. The minimum atomic E-state index is -0.893. The van der Waals surface area contributed by atoms with Gasteiger partial charge in [-0.2, -0.15) is 0 Å². The Hall–Kier alpha value is -3.04.